The highest BCUT2D eigenvalue weighted by atomic mass is 16.5. The number of carboxylic acid groups (broad SMARTS) is 1. The molecule has 1 heterocycles. The summed E-state index contributed by atoms with van der Waals surface area (Å²) in [7, 11) is 0. The van der Waals surface area contributed by atoms with Gasteiger partial charge in [-0.05, 0) is 24.1 Å². The molecule has 8 nitrogen and oxygen atoms in total. The van der Waals surface area contributed by atoms with Crippen molar-refractivity contribution < 1.29 is 24.2 Å². The fraction of sp³-hybridized carbons (Fsp3) is 0.227. The lowest BCUT2D eigenvalue weighted by Crippen LogP contribution is -2.54. The fourth-order valence-corrected chi connectivity index (χ4v) is 3.02. The van der Waals surface area contributed by atoms with Crippen LogP contribution in [0.2, 0.25) is 0 Å². The van der Waals surface area contributed by atoms with Gasteiger partial charge in [-0.25, -0.2) is 4.79 Å². The van der Waals surface area contributed by atoms with Crippen LogP contribution in [0.5, 0.6) is 0 Å². The van der Waals surface area contributed by atoms with E-state index >= 15 is 0 Å². The Hall–Kier alpha value is -3.81. The predicted molar refractivity (Wildman–Crippen MR) is 108 cm³/mol. The minimum absolute atomic E-state index is 0.0449. The van der Waals surface area contributed by atoms with Crippen molar-refractivity contribution >= 4 is 28.9 Å². The molecule has 0 saturated carbocycles. The second kappa shape index (κ2) is 9.60. The molecule has 0 aliphatic rings. The number of carbonyl (C=O) groups is 3. The summed E-state index contributed by atoms with van der Waals surface area (Å²) in [5, 5.41) is 17.2. The molecule has 1 aromatic heterocycles. The summed E-state index contributed by atoms with van der Waals surface area (Å²) in [5.41, 5.74) is 2.41. The molecule has 0 spiro atoms. The number of H-pyrrole nitrogens is 1. The van der Waals surface area contributed by atoms with E-state index in [-0.39, 0.29) is 13.0 Å². The van der Waals surface area contributed by atoms with E-state index in [0.29, 0.717) is 0 Å². The van der Waals surface area contributed by atoms with Crippen molar-refractivity contribution in [1.29, 1.82) is 0 Å². The molecular formula is C22H22N3O5-. The molecule has 0 unspecified atom stereocenters. The molecule has 0 saturated heterocycles. The van der Waals surface area contributed by atoms with E-state index < -0.39 is 30.1 Å². The first-order chi connectivity index (χ1) is 14.4. The van der Waals surface area contributed by atoms with E-state index in [0.717, 1.165) is 22.0 Å². The summed E-state index contributed by atoms with van der Waals surface area (Å²) in [5.74, 6) is -2.06. The third-order valence-electron chi connectivity index (χ3n) is 4.64. The van der Waals surface area contributed by atoms with Gasteiger partial charge in [0.2, 0.25) is 5.91 Å². The smallest absolute Gasteiger partial charge is 0.408 e. The topological polar surface area (TPSA) is 123 Å². The highest BCUT2D eigenvalue weighted by Gasteiger charge is 2.21. The summed E-state index contributed by atoms with van der Waals surface area (Å²) in [6, 6.07) is 14.3. The average Bonchev–Trinajstić information content (AvgIpc) is 3.15. The lowest BCUT2D eigenvalue weighted by atomic mass is 10.0. The summed E-state index contributed by atoms with van der Waals surface area (Å²) < 4.78 is 5.07. The minimum atomic E-state index is -1.41. The molecular weight excluding hydrogens is 386 g/mol. The Morgan fingerprint density at radius 3 is 2.47 bits per heavy atom. The van der Waals surface area contributed by atoms with Crippen LogP contribution < -0.4 is 15.7 Å². The number of ether oxygens (including phenoxy) is 1. The number of rotatable bonds is 8. The van der Waals surface area contributed by atoms with Crippen molar-refractivity contribution in [3.05, 3.63) is 71.9 Å². The number of carbonyl (C=O) groups excluding carboxylic acids is 3. The first-order valence-electron chi connectivity index (χ1n) is 9.47. The zero-order valence-electron chi connectivity index (χ0n) is 16.4. The van der Waals surface area contributed by atoms with Crippen LogP contribution in [0.4, 0.5) is 4.79 Å². The third kappa shape index (κ3) is 5.38. The number of alkyl carbamates (subject to hydrolysis) is 1. The van der Waals surface area contributed by atoms with Gasteiger partial charge < -0.3 is 30.3 Å². The SMILES string of the molecule is C[C@H](NC(=O)OCc1ccccc1)C(=O)N[C@H](Cc1c[nH]c2ccccc12)C(=O)[O-]. The van der Waals surface area contributed by atoms with E-state index in [9.17, 15) is 19.5 Å². The molecule has 3 N–H and O–H groups in total. The highest BCUT2D eigenvalue weighted by molar-refractivity contribution is 5.89. The molecule has 3 aromatic rings. The maximum atomic E-state index is 12.4. The van der Waals surface area contributed by atoms with E-state index in [1.807, 2.05) is 42.5 Å². The van der Waals surface area contributed by atoms with Crippen molar-refractivity contribution in [3.8, 4) is 0 Å². The van der Waals surface area contributed by atoms with Crippen LogP contribution in [-0.4, -0.2) is 35.0 Å². The second-order valence-corrected chi connectivity index (χ2v) is 6.87. The summed E-state index contributed by atoms with van der Waals surface area (Å²) >= 11 is 0. The molecule has 2 atom stereocenters. The lowest BCUT2D eigenvalue weighted by molar-refractivity contribution is -0.308. The molecule has 0 aliphatic carbocycles. The Bertz CT molecular complexity index is 1030. The molecule has 0 radical (unpaired) electrons. The van der Waals surface area contributed by atoms with Gasteiger partial charge >= 0.3 is 6.09 Å². The molecule has 8 heteroatoms. The van der Waals surface area contributed by atoms with Crippen molar-refractivity contribution in [2.75, 3.05) is 0 Å². The number of carboxylic acids is 1. The average molecular weight is 408 g/mol. The van der Waals surface area contributed by atoms with Crippen LogP contribution in [0.15, 0.2) is 60.8 Å². The van der Waals surface area contributed by atoms with E-state index in [1.54, 1.807) is 18.3 Å². The number of benzene rings is 2. The van der Waals surface area contributed by atoms with Gasteiger partial charge in [0, 0.05) is 23.5 Å². The predicted octanol–water partition coefficient (Wildman–Crippen LogP) is 1.26. The molecule has 2 amide bonds. The Balaban J connectivity index is 1.55. The van der Waals surface area contributed by atoms with Crippen LogP contribution in [0.25, 0.3) is 10.9 Å². The van der Waals surface area contributed by atoms with Gasteiger partial charge in [-0.15, -0.1) is 0 Å². The third-order valence-corrected chi connectivity index (χ3v) is 4.64. The van der Waals surface area contributed by atoms with Crippen molar-refractivity contribution in [2.45, 2.75) is 32.0 Å². The number of hydrogen-bond donors (Lipinski definition) is 3. The molecule has 30 heavy (non-hydrogen) atoms. The van der Waals surface area contributed by atoms with Gasteiger partial charge in [-0.1, -0.05) is 48.5 Å². The normalized spacial score (nSPS) is 12.7. The summed E-state index contributed by atoms with van der Waals surface area (Å²) in [6.07, 6.45) is 0.974. The number of aromatic nitrogens is 1. The van der Waals surface area contributed by atoms with Crippen LogP contribution in [0, 0.1) is 0 Å². The van der Waals surface area contributed by atoms with Gasteiger partial charge in [0.15, 0.2) is 0 Å². The van der Waals surface area contributed by atoms with Crippen molar-refractivity contribution in [2.24, 2.45) is 0 Å². The minimum Gasteiger partial charge on any atom is -0.548 e. The molecule has 3 rings (SSSR count). The van der Waals surface area contributed by atoms with Crippen molar-refractivity contribution in [3.63, 3.8) is 0 Å². The molecule has 0 fully saturated rings. The number of para-hydroxylation sites is 1. The Morgan fingerprint density at radius 2 is 1.73 bits per heavy atom. The summed E-state index contributed by atoms with van der Waals surface area (Å²) in [6.45, 7) is 1.50. The van der Waals surface area contributed by atoms with Crippen molar-refractivity contribution in [1.82, 2.24) is 15.6 Å². The van der Waals surface area contributed by atoms with Crippen LogP contribution in [0.3, 0.4) is 0 Å². The maximum Gasteiger partial charge on any atom is 0.408 e. The first-order valence-corrected chi connectivity index (χ1v) is 9.47. The first kappa shape index (κ1) is 20.9. The summed E-state index contributed by atoms with van der Waals surface area (Å²) in [4.78, 5) is 38.9. The standard InChI is InChI=1S/C22H23N3O5/c1-14(24-22(29)30-13-15-7-3-2-4-8-15)20(26)25-19(21(27)28)11-16-12-23-18-10-6-5-9-17(16)18/h2-10,12,14,19,23H,11,13H2,1H3,(H,24,29)(H,25,26)(H,27,28)/p-1/t14-,19+/m0/s1. The molecule has 0 aliphatic heterocycles. The van der Waals surface area contributed by atoms with Gasteiger partial charge in [0.25, 0.3) is 0 Å². The number of amides is 2. The van der Waals surface area contributed by atoms with Gasteiger partial charge in [0.05, 0.1) is 12.0 Å². The number of aliphatic carboxylic acids is 1. The highest BCUT2D eigenvalue weighted by Crippen LogP contribution is 2.19. The van der Waals surface area contributed by atoms with Crippen LogP contribution >= 0.6 is 0 Å². The lowest BCUT2D eigenvalue weighted by Gasteiger charge is -2.22. The van der Waals surface area contributed by atoms with Gasteiger partial charge in [-0.2, -0.15) is 0 Å². The Labute approximate surface area is 173 Å². The van der Waals surface area contributed by atoms with Gasteiger partial charge in [0.1, 0.15) is 12.6 Å². The molecule has 2 aromatic carbocycles. The van der Waals surface area contributed by atoms with Gasteiger partial charge in [-0.3, -0.25) is 4.79 Å². The van der Waals surface area contributed by atoms with E-state index in [1.165, 1.54) is 6.92 Å². The van der Waals surface area contributed by atoms with Crippen LogP contribution in [0.1, 0.15) is 18.1 Å². The Morgan fingerprint density at radius 1 is 1.03 bits per heavy atom. The zero-order valence-corrected chi connectivity index (χ0v) is 16.4. The number of aromatic amines is 1. The Kier molecular flexibility index (Phi) is 6.69. The molecule has 0 bridgehead atoms. The van der Waals surface area contributed by atoms with E-state index in [4.69, 9.17) is 4.74 Å². The quantitative estimate of drug-likeness (QED) is 0.518. The maximum absolute atomic E-state index is 12.4. The zero-order chi connectivity index (χ0) is 21.5. The monoisotopic (exact) mass is 408 g/mol. The number of hydrogen-bond acceptors (Lipinski definition) is 5. The number of fused-ring (bicyclic) bond motifs is 1. The largest absolute Gasteiger partial charge is 0.548 e. The van der Waals surface area contributed by atoms with E-state index in [2.05, 4.69) is 15.6 Å². The fourth-order valence-electron chi connectivity index (χ4n) is 3.02. The second-order valence-electron chi connectivity index (χ2n) is 6.87. The molecule has 156 valence electrons. The number of nitrogens with one attached hydrogen (secondary N) is 3. The van der Waals surface area contributed by atoms with Crippen LogP contribution in [-0.2, 0) is 27.4 Å².